The van der Waals surface area contributed by atoms with E-state index in [0.29, 0.717) is 5.92 Å². The van der Waals surface area contributed by atoms with E-state index in [1.807, 2.05) is 41.4 Å². The summed E-state index contributed by atoms with van der Waals surface area (Å²) in [6, 6.07) is 14.3. The molecule has 1 aromatic carbocycles. The van der Waals surface area contributed by atoms with Gasteiger partial charge in [-0.1, -0.05) is 30.3 Å². The number of ether oxygens (including phenoxy) is 1. The smallest absolute Gasteiger partial charge is 0.219 e. The summed E-state index contributed by atoms with van der Waals surface area (Å²) in [7, 11) is 1.68. The molecule has 26 heavy (non-hydrogen) atoms. The lowest BCUT2D eigenvalue weighted by Gasteiger charge is -2.30. The second-order valence-electron chi connectivity index (χ2n) is 6.79. The van der Waals surface area contributed by atoms with Gasteiger partial charge in [-0.25, -0.2) is 4.98 Å². The zero-order chi connectivity index (χ0) is 18.1. The minimum Gasteiger partial charge on any atom is -0.497 e. The lowest BCUT2D eigenvalue weighted by molar-refractivity contribution is -0.129. The Morgan fingerprint density at radius 3 is 2.54 bits per heavy atom. The van der Waals surface area contributed by atoms with E-state index in [2.05, 4.69) is 16.5 Å². The fourth-order valence-electron chi connectivity index (χ4n) is 3.76. The highest BCUT2D eigenvalue weighted by atomic mass is 16.5. The summed E-state index contributed by atoms with van der Waals surface area (Å²) < 4.78 is 7.60. The van der Waals surface area contributed by atoms with Crippen LogP contribution in [0.3, 0.4) is 0 Å². The first-order chi connectivity index (χ1) is 12.7. The highest BCUT2D eigenvalue weighted by molar-refractivity contribution is 5.79. The minimum atomic E-state index is 0.158. The van der Waals surface area contributed by atoms with Crippen LogP contribution in [0.2, 0.25) is 0 Å². The standard InChI is InChI=1S/C21H23N3O2/c1-15(25)23-11-8-17(9-12-23)21-22-20(16-6-4-3-5-7-16)19-14-18(26-2)10-13-24(19)21/h3-7,10,13-14,17H,8-9,11-12H2,1-2H3. The van der Waals surface area contributed by atoms with Gasteiger partial charge in [0.1, 0.15) is 11.6 Å². The van der Waals surface area contributed by atoms with Crippen LogP contribution in [0.4, 0.5) is 0 Å². The number of imidazole rings is 1. The van der Waals surface area contributed by atoms with Gasteiger partial charge in [-0.15, -0.1) is 0 Å². The van der Waals surface area contributed by atoms with Gasteiger partial charge < -0.3 is 14.0 Å². The zero-order valence-electron chi connectivity index (χ0n) is 15.2. The summed E-state index contributed by atoms with van der Waals surface area (Å²) in [5, 5.41) is 0. The van der Waals surface area contributed by atoms with Crippen molar-refractivity contribution < 1.29 is 9.53 Å². The first-order valence-corrected chi connectivity index (χ1v) is 9.04. The van der Waals surface area contributed by atoms with Gasteiger partial charge in [-0.05, 0) is 18.9 Å². The van der Waals surface area contributed by atoms with Crippen LogP contribution in [-0.4, -0.2) is 40.4 Å². The number of amides is 1. The number of rotatable bonds is 3. The van der Waals surface area contributed by atoms with Crippen molar-refractivity contribution in [1.82, 2.24) is 14.3 Å². The molecule has 0 aliphatic carbocycles. The van der Waals surface area contributed by atoms with Crippen LogP contribution in [0.1, 0.15) is 31.5 Å². The van der Waals surface area contributed by atoms with Crippen molar-refractivity contribution in [2.24, 2.45) is 0 Å². The summed E-state index contributed by atoms with van der Waals surface area (Å²) in [5.74, 6) is 2.41. The average molecular weight is 349 g/mol. The topological polar surface area (TPSA) is 46.8 Å². The molecule has 4 rings (SSSR count). The van der Waals surface area contributed by atoms with Gasteiger partial charge >= 0.3 is 0 Å². The molecule has 3 heterocycles. The Morgan fingerprint density at radius 1 is 1.15 bits per heavy atom. The van der Waals surface area contributed by atoms with Crippen molar-refractivity contribution in [2.75, 3.05) is 20.2 Å². The number of carbonyl (C=O) groups is 1. The van der Waals surface area contributed by atoms with Crippen LogP contribution in [0.15, 0.2) is 48.7 Å². The van der Waals surface area contributed by atoms with Gasteiger partial charge in [0.05, 0.1) is 18.3 Å². The van der Waals surface area contributed by atoms with Crippen molar-refractivity contribution >= 4 is 11.4 Å². The van der Waals surface area contributed by atoms with Crippen molar-refractivity contribution in [3.8, 4) is 17.0 Å². The number of nitrogens with zero attached hydrogens (tertiary/aromatic N) is 3. The Hall–Kier alpha value is -2.82. The van der Waals surface area contributed by atoms with Crippen LogP contribution in [0.25, 0.3) is 16.8 Å². The maximum Gasteiger partial charge on any atom is 0.219 e. The normalized spacial score (nSPS) is 15.4. The first kappa shape index (κ1) is 16.6. The van der Waals surface area contributed by atoms with E-state index < -0.39 is 0 Å². The van der Waals surface area contributed by atoms with Crippen LogP contribution in [-0.2, 0) is 4.79 Å². The van der Waals surface area contributed by atoms with E-state index in [-0.39, 0.29) is 5.91 Å². The average Bonchev–Trinajstić information content (AvgIpc) is 3.07. The first-order valence-electron chi connectivity index (χ1n) is 9.04. The summed E-state index contributed by atoms with van der Waals surface area (Å²) in [6.45, 7) is 3.24. The van der Waals surface area contributed by atoms with Crippen molar-refractivity contribution in [1.29, 1.82) is 0 Å². The summed E-state index contributed by atoms with van der Waals surface area (Å²) in [6.07, 6.45) is 3.93. The van der Waals surface area contributed by atoms with Crippen molar-refractivity contribution in [3.63, 3.8) is 0 Å². The zero-order valence-corrected chi connectivity index (χ0v) is 15.2. The Kier molecular flexibility index (Phi) is 4.37. The molecule has 1 aliphatic heterocycles. The minimum absolute atomic E-state index is 0.158. The molecule has 0 N–H and O–H groups in total. The summed E-state index contributed by atoms with van der Waals surface area (Å²) in [4.78, 5) is 18.6. The molecule has 2 aromatic heterocycles. The van der Waals surface area contributed by atoms with Gasteiger partial charge in [0.2, 0.25) is 5.91 Å². The second kappa shape index (κ2) is 6.83. The maximum absolute atomic E-state index is 11.6. The molecule has 0 radical (unpaired) electrons. The Labute approximate surface area is 153 Å². The molecule has 0 unspecified atom stereocenters. The molecular formula is C21H23N3O2. The van der Waals surface area contributed by atoms with E-state index >= 15 is 0 Å². The fourth-order valence-corrected chi connectivity index (χ4v) is 3.76. The Bertz CT molecular complexity index is 925. The van der Waals surface area contributed by atoms with E-state index in [1.54, 1.807) is 14.0 Å². The predicted molar refractivity (Wildman–Crippen MR) is 101 cm³/mol. The molecule has 1 aliphatic rings. The number of methoxy groups -OCH3 is 1. The number of fused-ring (bicyclic) bond motifs is 1. The van der Waals surface area contributed by atoms with Gasteiger partial charge in [0.15, 0.2) is 0 Å². The molecule has 0 saturated carbocycles. The molecule has 1 saturated heterocycles. The van der Waals surface area contributed by atoms with E-state index in [4.69, 9.17) is 9.72 Å². The monoisotopic (exact) mass is 349 g/mol. The molecule has 5 heteroatoms. The number of carbonyl (C=O) groups excluding carboxylic acids is 1. The number of hydrogen-bond donors (Lipinski definition) is 0. The molecule has 0 spiro atoms. The quantitative estimate of drug-likeness (QED) is 0.724. The number of benzene rings is 1. The lowest BCUT2D eigenvalue weighted by atomic mass is 9.96. The van der Waals surface area contributed by atoms with Crippen LogP contribution >= 0.6 is 0 Å². The highest BCUT2D eigenvalue weighted by Crippen LogP contribution is 2.34. The van der Waals surface area contributed by atoms with Gasteiger partial charge in [0, 0.05) is 43.8 Å². The van der Waals surface area contributed by atoms with E-state index in [0.717, 1.165) is 54.3 Å². The number of aromatic nitrogens is 2. The van der Waals surface area contributed by atoms with E-state index in [9.17, 15) is 4.79 Å². The van der Waals surface area contributed by atoms with Crippen LogP contribution < -0.4 is 4.74 Å². The van der Waals surface area contributed by atoms with Crippen LogP contribution in [0.5, 0.6) is 5.75 Å². The second-order valence-corrected chi connectivity index (χ2v) is 6.79. The molecule has 3 aromatic rings. The summed E-state index contributed by atoms with van der Waals surface area (Å²) >= 11 is 0. The lowest BCUT2D eigenvalue weighted by Crippen LogP contribution is -2.36. The van der Waals surface area contributed by atoms with Crippen molar-refractivity contribution in [2.45, 2.75) is 25.7 Å². The Balaban J connectivity index is 1.77. The predicted octanol–water partition coefficient (Wildman–Crippen LogP) is 3.74. The third-order valence-electron chi connectivity index (χ3n) is 5.23. The van der Waals surface area contributed by atoms with Gasteiger partial charge in [-0.3, -0.25) is 4.79 Å². The molecular weight excluding hydrogens is 326 g/mol. The number of hydrogen-bond acceptors (Lipinski definition) is 3. The fraction of sp³-hybridized carbons (Fsp3) is 0.333. The Morgan fingerprint density at radius 2 is 1.88 bits per heavy atom. The molecule has 1 fully saturated rings. The highest BCUT2D eigenvalue weighted by Gasteiger charge is 2.26. The van der Waals surface area contributed by atoms with Gasteiger partial charge in [0.25, 0.3) is 0 Å². The molecule has 0 bridgehead atoms. The number of piperidine rings is 1. The summed E-state index contributed by atoms with van der Waals surface area (Å²) in [5.41, 5.74) is 3.14. The molecule has 5 nitrogen and oxygen atoms in total. The largest absolute Gasteiger partial charge is 0.497 e. The third kappa shape index (κ3) is 2.94. The maximum atomic E-state index is 11.6. The molecule has 134 valence electrons. The van der Waals surface area contributed by atoms with Crippen LogP contribution in [0, 0.1) is 0 Å². The number of pyridine rings is 1. The third-order valence-corrected chi connectivity index (χ3v) is 5.23. The molecule has 1 amide bonds. The van der Waals surface area contributed by atoms with Gasteiger partial charge in [-0.2, -0.15) is 0 Å². The molecule has 0 atom stereocenters. The van der Waals surface area contributed by atoms with E-state index in [1.165, 1.54) is 0 Å². The number of likely N-dealkylation sites (tertiary alicyclic amines) is 1. The SMILES string of the molecule is COc1ccn2c(C3CCN(C(C)=O)CC3)nc(-c3ccccc3)c2c1. The van der Waals surface area contributed by atoms with Crippen molar-refractivity contribution in [3.05, 3.63) is 54.5 Å².